The first-order valence-electron chi connectivity index (χ1n) is 6.37. The molecule has 0 spiro atoms. The molecule has 1 unspecified atom stereocenters. The van der Waals surface area contributed by atoms with Crippen LogP contribution in [0.2, 0.25) is 0 Å². The predicted octanol–water partition coefficient (Wildman–Crippen LogP) is 2.39. The first-order valence-corrected chi connectivity index (χ1v) is 6.37. The molecule has 0 radical (unpaired) electrons. The summed E-state index contributed by atoms with van der Waals surface area (Å²) >= 11 is 0. The van der Waals surface area contributed by atoms with Gasteiger partial charge >= 0.3 is 0 Å². The van der Waals surface area contributed by atoms with Gasteiger partial charge in [0.2, 0.25) is 6.08 Å². The molecule has 1 aliphatic rings. The fourth-order valence-corrected chi connectivity index (χ4v) is 2.24. The zero-order valence-corrected chi connectivity index (χ0v) is 11.5. The summed E-state index contributed by atoms with van der Waals surface area (Å²) in [6, 6.07) is 7.36. The molecule has 2 rings (SSSR count). The molecular weight excluding hydrogens is 240 g/mol. The van der Waals surface area contributed by atoms with Crippen LogP contribution in [0.5, 0.6) is 0 Å². The van der Waals surface area contributed by atoms with Crippen molar-refractivity contribution in [1.82, 2.24) is 4.90 Å². The molecule has 4 nitrogen and oxygen atoms in total. The maximum absolute atomic E-state index is 12.2. The van der Waals surface area contributed by atoms with E-state index >= 15 is 0 Å². The van der Waals surface area contributed by atoms with Crippen LogP contribution in [-0.4, -0.2) is 29.5 Å². The van der Waals surface area contributed by atoms with Gasteiger partial charge in [0.05, 0.1) is 6.04 Å². The second kappa shape index (κ2) is 4.98. The fraction of sp³-hybridized carbons (Fsp3) is 0.467. The zero-order valence-electron chi connectivity index (χ0n) is 11.5. The second-order valence-electron chi connectivity index (χ2n) is 5.95. The second-order valence-corrected chi connectivity index (χ2v) is 5.95. The summed E-state index contributed by atoms with van der Waals surface area (Å²) in [6.45, 7) is 7.06. The molecule has 1 amide bonds. The number of hydrogen-bond donors (Lipinski definition) is 0. The van der Waals surface area contributed by atoms with Crippen LogP contribution in [0.25, 0.3) is 0 Å². The minimum atomic E-state index is -0.233. The summed E-state index contributed by atoms with van der Waals surface area (Å²) in [5.74, 6) is 0.0194. The number of amides is 1. The largest absolute Gasteiger partial charge is 0.332 e. The summed E-state index contributed by atoms with van der Waals surface area (Å²) in [4.78, 5) is 28.4. The lowest BCUT2D eigenvalue weighted by Gasteiger charge is -2.29. The van der Waals surface area contributed by atoms with Crippen LogP contribution in [0.15, 0.2) is 29.3 Å². The molecule has 1 aliphatic heterocycles. The molecule has 0 N–H and O–H groups in total. The van der Waals surface area contributed by atoms with E-state index < -0.39 is 0 Å². The highest BCUT2D eigenvalue weighted by Gasteiger charge is 2.32. The van der Waals surface area contributed by atoms with Gasteiger partial charge in [0.25, 0.3) is 5.91 Å². The number of isocyanates is 1. The Morgan fingerprint density at radius 1 is 1.37 bits per heavy atom. The molecule has 1 heterocycles. The van der Waals surface area contributed by atoms with Crippen molar-refractivity contribution in [3.63, 3.8) is 0 Å². The Labute approximate surface area is 113 Å². The van der Waals surface area contributed by atoms with Crippen molar-refractivity contribution in [3.05, 3.63) is 35.4 Å². The van der Waals surface area contributed by atoms with Crippen molar-refractivity contribution >= 4 is 12.0 Å². The van der Waals surface area contributed by atoms with Gasteiger partial charge in [-0.25, -0.2) is 9.79 Å². The number of aliphatic imine (C=N–C) groups is 1. The monoisotopic (exact) mass is 258 g/mol. The molecule has 0 saturated carbocycles. The lowest BCUT2D eigenvalue weighted by atomic mass is 9.87. The molecule has 100 valence electrons. The van der Waals surface area contributed by atoms with Crippen LogP contribution in [0, 0.1) is 5.41 Å². The van der Waals surface area contributed by atoms with Crippen LogP contribution in [0.1, 0.15) is 36.7 Å². The lowest BCUT2D eigenvalue weighted by molar-refractivity contribution is 0.0745. The predicted molar refractivity (Wildman–Crippen MR) is 72.5 cm³/mol. The van der Waals surface area contributed by atoms with Crippen LogP contribution < -0.4 is 0 Å². The Bertz CT molecular complexity index is 539. The van der Waals surface area contributed by atoms with Gasteiger partial charge < -0.3 is 4.90 Å². The van der Waals surface area contributed by atoms with Gasteiger partial charge in [0, 0.05) is 18.7 Å². The molecule has 4 heteroatoms. The van der Waals surface area contributed by atoms with Gasteiger partial charge in [-0.15, -0.1) is 0 Å². The molecule has 1 atom stereocenters. The third-order valence-electron chi connectivity index (χ3n) is 3.50. The summed E-state index contributed by atoms with van der Waals surface area (Å²) in [5.41, 5.74) is 1.62. The third kappa shape index (κ3) is 2.74. The molecule has 1 aromatic rings. The number of hydrogen-bond acceptors (Lipinski definition) is 3. The average molecular weight is 258 g/mol. The summed E-state index contributed by atoms with van der Waals surface area (Å²) in [5, 5.41) is 0. The van der Waals surface area contributed by atoms with E-state index in [-0.39, 0.29) is 17.4 Å². The molecular formula is C15H18N2O2. The van der Waals surface area contributed by atoms with Gasteiger partial charge in [-0.1, -0.05) is 39.0 Å². The van der Waals surface area contributed by atoms with Crippen LogP contribution in [0.3, 0.4) is 0 Å². The Morgan fingerprint density at radius 3 is 2.63 bits per heavy atom. The highest BCUT2D eigenvalue weighted by Crippen LogP contribution is 2.27. The highest BCUT2D eigenvalue weighted by molar-refractivity contribution is 5.98. The number of fused-ring (bicyclic) bond motifs is 1. The molecule has 0 aliphatic carbocycles. The quantitative estimate of drug-likeness (QED) is 0.617. The zero-order chi connectivity index (χ0) is 14.0. The van der Waals surface area contributed by atoms with Gasteiger partial charge in [-0.05, 0) is 17.0 Å². The van der Waals surface area contributed by atoms with E-state index in [1.807, 2.05) is 45.0 Å². The number of benzene rings is 1. The van der Waals surface area contributed by atoms with E-state index in [1.54, 1.807) is 11.0 Å². The highest BCUT2D eigenvalue weighted by atomic mass is 16.2. The molecule has 1 aromatic carbocycles. The molecule has 0 saturated heterocycles. The number of carbonyl (C=O) groups is 1. The van der Waals surface area contributed by atoms with E-state index in [9.17, 15) is 9.59 Å². The Hall–Kier alpha value is -1.93. The minimum absolute atomic E-state index is 0.0194. The van der Waals surface area contributed by atoms with E-state index in [1.165, 1.54) is 0 Å². The Balaban J connectivity index is 2.18. The van der Waals surface area contributed by atoms with E-state index in [0.29, 0.717) is 13.1 Å². The number of carbonyl (C=O) groups excluding carboxylic acids is 2. The molecule has 0 fully saturated rings. The Kier molecular flexibility index (Phi) is 3.54. The topological polar surface area (TPSA) is 49.7 Å². The van der Waals surface area contributed by atoms with E-state index in [0.717, 1.165) is 11.1 Å². The van der Waals surface area contributed by atoms with Crippen molar-refractivity contribution < 1.29 is 9.59 Å². The maximum Gasteiger partial charge on any atom is 0.254 e. The SMILES string of the molecule is CC(C)(C)C(CN1Cc2ccccc2C1=O)N=C=O. The van der Waals surface area contributed by atoms with Gasteiger partial charge in [-0.3, -0.25) is 4.79 Å². The van der Waals surface area contributed by atoms with Gasteiger partial charge in [-0.2, -0.15) is 0 Å². The van der Waals surface area contributed by atoms with E-state index in [2.05, 4.69) is 4.99 Å². The first-order chi connectivity index (χ1) is 8.93. The third-order valence-corrected chi connectivity index (χ3v) is 3.50. The number of rotatable bonds is 3. The Morgan fingerprint density at radius 2 is 2.05 bits per heavy atom. The summed E-state index contributed by atoms with van der Waals surface area (Å²) in [6.07, 6.45) is 1.62. The van der Waals surface area contributed by atoms with Crippen molar-refractivity contribution in [2.24, 2.45) is 10.4 Å². The summed E-state index contributed by atoms with van der Waals surface area (Å²) in [7, 11) is 0. The maximum atomic E-state index is 12.2. The summed E-state index contributed by atoms with van der Waals surface area (Å²) < 4.78 is 0. The van der Waals surface area contributed by atoms with Crippen LogP contribution >= 0.6 is 0 Å². The average Bonchev–Trinajstić information content (AvgIpc) is 2.65. The van der Waals surface area contributed by atoms with Crippen LogP contribution in [0.4, 0.5) is 0 Å². The molecule has 0 bridgehead atoms. The van der Waals surface area contributed by atoms with Crippen molar-refractivity contribution in [2.75, 3.05) is 6.54 Å². The smallest absolute Gasteiger partial charge is 0.254 e. The van der Waals surface area contributed by atoms with Crippen molar-refractivity contribution in [1.29, 1.82) is 0 Å². The van der Waals surface area contributed by atoms with Gasteiger partial charge in [0.1, 0.15) is 0 Å². The fourth-order valence-electron chi connectivity index (χ4n) is 2.24. The number of nitrogens with zero attached hydrogens (tertiary/aromatic N) is 2. The van der Waals surface area contributed by atoms with Gasteiger partial charge in [0.15, 0.2) is 0 Å². The molecule has 19 heavy (non-hydrogen) atoms. The lowest BCUT2D eigenvalue weighted by Crippen LogP contribution is -2.38. The van der Waals surface area contributed by atoms with Crippen molar-refractivity contribution in [2.45, 2.75) is 33.4 Å². The first kappa shape index (κ1) is 13.5. The van der Waals surface area contributed by atoms with Crippen LogP contribution in [-0.2, 0) is 11.3 Å². The molecule has 0 aromatic heterocycles. The van der Waals surface area contributed by atoms with Crippen molar-refractivity contribution in [3.8, 4) is 0 Å². The van der Waals surface area contributed by atoms with E-state index in [4.69, 9.17) is 0 Å². The normalized spacial score (nSPS) is 15.9. The minimum Gasteiger partial charge on any atom is -0.332 e. The standard InChI is InChI=1S/C15H18N2O2/c1-15(2,3)13(16-10-18)9-17-8-11-6-4-5-7-12(11)14(17)19/h4-7,13H,8-9H2,1-3H3.